The molecule has 0 spiro atoms. The zero-order valence-electron chi connectivity index (χ0n) is 26.6. The Hall–Kier alpha value is -4.97. The van der Waals surface area contributed by atoms with Crippen molar-refractivity contribution in [2.24, 2.45) is 4.99 Å². The van der Waals surface area contributed by atoms with Crippen molar-refractivity contribution in [3.63, 3.8) is 0 Å². The highest BCUT2D eigenvalue weighted by Gasteiger charge is 2.27. The number of hydrogen-bond acceptors (Lipinski definition) is 9. The molecule has 47 heavy (non-hydrogen) atoms. The molecule has 1 amide bonds. The average Bonchev–Trinajstić information content (AvgIpc) is 3.81. The van der Waals surface area contributed by atoms with E-state index in [1.165, 1.54) is 11.1 Å². The van der Waals surface area contributed by atoms with Crippen LogP contribution in [0.1, 0.15) is 36.7 Å². The van der Waals surface area contributed by atoms with E-state index in [1.807, 2.05) is 42.0 Å². The molecule has 0 saturated heterocycles. The molecule has 2 aromatic heterocycles. The topological polar surface area (TPSA) is 121 Å². The number of furan rings is 1. The number of rotatable bonds is 15. The highest BCUT2D eigenvalue weighted by atomic mass is 16.5. The molecule has 0 radical (unpaired) electrons. The molecule has 2 aliphatic heterocycles. The third-order valence-corrected chi connectivity index (χ3v) is 8.10. The minimum Gasteiger partial charge on any atom is -0.485 e. The third-order valence-electron chi connectivity index (χ3n) is 8.10. The van der Waals surface area contributed by atoms with Crippen LogP contribution in [0.2, 0.25) is 0 Å². The van der Waals surface area contributed by atoms with Crippen LogP contribution in [-0.2, 0) is 17.9 Å². The lowest BCUT2D eigenvalue weighted by molar-refractivity contribution is -0.120. The van der Waals surface area contributed by atoms with Crippen LogP contribution in [-0.4, -0.2) is 64.9 Å². The molecule has 1 atom stereocenters. The Labute approximate surface area is 275 Å². The molecule has 2 aromatic carbocycles. The number of imidazole rings is 1. The Morgan fingerprint density at radius 1 is 1.02 bits per heavy atom. The van der Waals surface area contributed by atoms with Gasteiger partial charge in [-0.2, -0.15) is 0 Å². The van der Waals surface area contributed by atoms with Gasteiger partial charge < -0.3 is 19.4 Å². The number of aromatic nitrogens is 2. The van der Waals surface area contributed by atoms with Crippen molar-refractivity contribution in [2.45, 2.75) is 45.2 Å². The van der Waals surface area contributed by atoms with Crippen LogP contribution in [0, 0.1) is 0 Å². The van der Waals surface area contributed by atoms with Gasteiger partial charge in [-0.25, -0.2) is 9.98 Å². The maximum Gasteiger partial charge on any atom is 0.234 e. The first-order chi connectivity index (χ1) is 23.1. The van der Waals surface area contributed by atoms with Crippen LogP contribution in [0.25, 0.3) is 6.08 Å². The zero-order chi connectivity index (χ0) is 32.3. The third kappa shape index (κ3) is 9.07. The fourth-order valence-electron chi connectivity index (χ4n) is 5.61. The SMILES string of the molecule is CC1=CC(NCC(=O)NCCC2=Cc3occc3OC2)N(CCC(NCc2ccccc2)NCc2ccccc2)C(n2ccnc2)=N1. The van der Waals surface area contributed by atoms with Gasteiger partial charge in [-0.1, -0.05) is 60.7 Å². The van der Waals surface area contributed by atoms with Crippen LogP contribution >= 0.6 is 0 Å². The summed E-state index contributed by atoms with van der Waals surface area (Å²) in [6.07, 6.45) is 12.3. The van der Waals surface area contributed by atoms with E-state index in [-0.39, 0.29) is 24.8 Å². The van der Waals surface area contributed by atoms with Crippen LogP contribution < -0.4 is 26.0 Å². The molecular formula is C36H42N8O3. The summed E-state index contributed by atoms with van der Waals surface area (Å²) in [5.74, 6) is 2.16. The molecule has 11 heteroatoms. The predicted molar refractivity (Wildman–Crippen MR) is 182 cm³/mol. The Morgan fingerprint density at radius 2 is 1.77 bits per heavy atom. The van der Waals surface area contributed by atoms with Gasteiger partial charge in [0, 0.05) is 50.3 Å². The number of nitrogens with zero attached hydrogens (tertiary/aromatic N) is 4. The van der Waals surface area contributed by atoms with Crippen molar-refractivity contribution in [1.82, 2.24) is 35.7 Å². The number of carbonyl (C=O) groups is 1. The summed E-state index contributed by atoms with van der Waals surface area (Å²) in [6, 6.07) is 22.6. The first-order valence-electron chi connectivity index (χ1n) is 16.1. The summed E-state index contributed by atoms with van der Waals surface area (Å²) >= 11 is 0. The molecule has 0 fully saturated rings. The van der Waals surface area contributed by atoms with Gasteiger partial charge in [0.15, 0.2) is 11.5 Å². The molecule has 4 aromatic rings. The fraction of sp³-hybridized carbons (Fsp3) is 0.306. The van der Waals surface area contributed by atoms with Crippen molar-refractivity contribution < 1.29 is 13.9 Å². The monoisotopic (exact) mass is 634 g/mol. The van der Waals surface area contributed by atoms with E-state index in [0.717, 1.165) is 48.2 Å². The van der Waals surface area contributed by atoms with E-state index in [2.05, 4.69) is 85.8 Å². The lowest BCUT2D eigenvalue weighted by Crippen LogP contribution is -2.55. The number of benzene rings is 2. The van der Waals surface area contributed by atoms with Gasteiger partial charge in [-0.05, 0) is 48.6 Å². The van der Waals surface area contributed by atoms with Gasteiger partial charge in [0.2, 0.25) is 11.9 Å². The molecule has 11 nitrogen and oxygen atoms in total. The summed E-state index contributed by atoms with van der Waals surface area (Å²) < 4.78 is 13.1. The van der Waals surface area contributed by atoms with E-state index in [4.69, 9.17) is 14.1 Å². The van der Waals surface area contributed by atoms with Crippen LogP contribution in [0.5, 0.6) is 5.75 Å². The number of ether oxygens (including phenoxy) is 1. The lowest BCUT2D eigenvalue weighted by atomic mass is 10.1. The molecule has 0 bridgehead atoms. The summed E-state index contributed by atoms with van der Waals surface area (Å²) in [5.41, 5.74) is 4.39. The van der Waals surface area contributed by atoms with Crippen molar-refractivity contribution in [2.75, 3.05) is 26.2 Å². The molecule has 0 aliphatic carbocycles. The van der Waals surface area contributed by atoms with Gasteiger partial charge in [-0.15, -0.1) is 0 Å². The Morgan fingerprint density at radius 3 is 2.47 bits per heavy atom. The Balaban J connectivity index is 1.08. The first-order valence-corrected chi connectivity index (χ1v) is 16.1. The molecule has 4 N–H and O–H groups in total. The first kappa shape index (κ1) is 32.0. The number of hydrogen-bond donors (Lipinski definition) is 4. The van der Waals surface area contributed by atoms with Crippen molar-refractivity contribution in [1.29, 1.82) is 0 Å². The van der Waals surface area contributed by atoms with E-state index in [9.17, 15) is 4.79 Å². The number of nitrogens with one attached hydrogen (secondary N) is 4. The van der Waals surface area contributed by atoms with E-state index in [0.29, 0.717) is 26.1 Å². The van der Waals surface area contributed by atoms with Crippen molar-refractivity contribution in [3.05, 3.63) is 126 Å². The smallest absolute Gasteiger partial charge is 0.234 e. The molecule has 4 heterocycles. The average molecular weight is 635 g/mol. The quantitative estimate of drug-likeness (QED) is 0.144. The Kier molecular flexibility index (Phi) is 10.9. The highest BCUT2D eigenvalue weighted by molar-refractivity contribution is 5.85. The minimum absolute atomic E-state index is 0.0192. The van der Waals surface area contributed by atoms with Crippen LogP contribution in [0.15, 0.2) is 118 Å². The predicted octanol–water partition coefficient (Wildman–Crippen LogP) is 4.09. The lowest BCUT2D eigenvalue weighted by Gasteiger charge is -2.37. The van der Waals surface area contributed by atoms with E-state index < -0.39 is 0 Å². The summed E-state index contributed by atoms with van der Waals surface area (Å²) in [7, 11) is 0. The minimum atomic E-state index is -0.244. The molecule has 6 rings (SSSR count). The summed E-state index contributed by atoms with van der Waals surface area (Å²) in [5, 5.41) is 13.9. The standard InChI is InChI=1S/C36H42N8O3/c1-27-20-34(41-24-35(45)38-15-12-30-21-32-31(47-25-30)14-19-46-32)44(36(42-27)43-18-16-37-26-43)17-13-33(39-22-28-8-4-2-5-9-28)40-23-29-10-6-3-7-11-29/h2-11,14,16,18-21,26,33-34,39-41H,12-13,15,17,22-25H2,1H3,(H,38,45). The Bertz CT molecular complexity index is 1620. The number of carbonyl (C=O) groups excluding carboxylic acids is 1. The van der Waals surface area contributed by atoms with Gasteiger partial charge in [0.25, 0.3) is 0 Å². The van der Waals surface area contributed by atoms with E-state index in [1.54, 1.807) is 18.8 Å². The van der Waals surface area contributed by atoms with Crippen LogP contribution in [0.3, 0.4) is 0 Å². The molecular weight excluding hydrogens is 592 g/mol. The van der Waals surface area contributed by atoms with E-state index >= 15 is 0 Å². The number of allylic oxidation sites excluding steroid dienone is 1. The van der Waals surface area contributed by atoms with Gasteiger partial charge >= 0.3 is 0 Å². The second-order valence-corrected chi connectivity index (χ2v) is 11.6. The normalized spacial score (nSPS) is 15.8. The number of amides is 1. The second kappa shape index (κ2) is 16.0. The summed E-state index contributed by atoms with van der Waals surface area (Å²) in [6.45, 7) is 5.28. The second-order valence-electron chi connectivity index (χ2n) is 11.6. The largest absolute Gasteiger partial charge is 0.485 e. The maximum atomic E-state index is 12.9. The molecule has 244 valence electrons. The van der Waals surface area contributed by atoms with Crippen molar-refractivity contribution in [3.8, 4) is 5.75 Å². The fourth-order valence-corrected chi connectivity index (χ4v) is 5.61. The molecule has 0 saturated carbocycles. The number of fused-ring (bicyclic) bond motifs is 1. The van der Waals surface area contributed by atoms with Gasteiger partial charge in [0.1, 0.15) is 19.1 Å². The van der Waals surface area contributed by atoms with Crippen molar-refractivity contribution >= 4 is 17.9 Å². The van der Waals surface area contributed by atoms with Crippen LogP contribution in [0.4, 0.5) is 0 Å². The molecule has 1 unspecified atom stereocenters. The van der Waals surface area contributed by atoms with Gasteiger partial charge in [0.05, 0.1) is 19.0 Å². The van der Waals surface area contributed by atoms with Gasteiger partial charge in [-0.3, -0.25) is 25.3 Å². The summed E-state index contributed by atoms with van der Waals surface area (Å²) in [4.78, 5) is 24.3. The number of aliphatic imine (C=N–C) groups is 1. The molecule has 2 aliphatic rings. The highest BCUT2D eigenvalue weighted by Crippen LogP contribution is 2.27. The zero-order valence-corrected chi connectivity index (χ0v) is 26.6. The maximum absolute atomic E-state index is 12.9.